The smallest absolute Gasteiger partial charge is 0.125 e. The maximum atomic E-state index is 6.36. The van der Waals surface area contributed by atoms with E-state index in [-0.39, 0.29) is 6.10 Å². The van der Waals surface area contributed by atoms with Crippen LogP contribution >= 0.6 is 0 Å². The van der Waals surface area contributed by atoms with Crippen molar-refractivity contribution in [3.63, 3.8) is 0 Å². The molecule has 1 aliphatic rings. The molecule has 0 spiro atoms. The summed E-state index contributed by atoms with van der Waals surface area (Å²) in [5, 5.41) is 2.53. The summed E-state index contributed by atoms with van der Waals surface area (Å²) in [7, 11) is 0. The van der Waals surface area contributed by atoms with Gasteiger partial charge in [0.1, 0.15) is 18.1 Å². The van der Waals surface area contributed by atoms with Gasteiger partial charge in [0.15, 0.2) is 0 Å². The van der Waals surface area contributed by atoms with E-state index in [2.05, 4.69) is 89.8 Å². The zero-order valence-corrected chi connectivity index (χ0v) is 25.3. The molecule has 1 unspecified atom stereocenters. The number of anilines is 1. The predicted octanol–water partition coefficient (Wildman–Crippen LogP) is 8.59. The van der Waals surface area contributed by atoms with Crippen molar-refractivity contribution in [2.24, 2.45) is 0 Å². The molecule has 0 radical (unpaired) electrons. The molecule has 0 saturated carbocycles. The molecule has 1 fully saturated rings. The average molecular weight is 588 g/mol. The van der Waals surface area contributed by atoms with Gasteiger partial charge in [-0.3, -0.25) is 0 Å². The Morgan fingerprint density at radius 1 is 0.636 bits per heavy atom. The monoisotopic (exact) mass is 587 g/mol. The molecule has 0 N–H and O–H groups in total. The summed E-state index contributed by atoms with van der Waals surface area (Å²) in [5.74, 6) is 1.75. The van der Waals surface area contributed by atoms with Gasteiger partial charge in [-0.15, -0.1) is 0 Å². The van der Waals surface area contributed by atoms with E-state index >= 15 is 0 Å². The molecule has 1 atom stereocenters. The minimum absolute atomic E-state index is 0.230. The normalized spacial score (nSPS) is 14.9. The van der Waals surface area contributed by atoms with Gasteiger partial charge in [0.05, 0.1) is 32.5 Å². The first-order chi connectivity index (χ1) is 21.8. The minimum Gasteiger partial charge on any atom is -0.494 e. The zero-order chi connectivity index (χ0) is 29.8. The Kier molecular flexibility index (Phi) is 10.4. The van der Waals surface area contributed by atoms with Crippen LogP contribution in [-0.2, 0) is 29.3 Å². The topological polar surface area (TPSA) is 40.2 Å². The number of ether oxygens (including phenoxy) is 4. The molecule has 0 aliphatic carbocycles. The third kappa shape index (κ3) is 8.40. The Hall–Kier alpha value is -4.32. The summed E-state index contributed by atoms with van der Waals surface area (Å²) >= 11 is 0. The SMILES string of the molecule is c1ccc(COc2ccccc2COCCCOc2ccc(N3CCCC(OCc4ccc5ccccc5c4)C3)cc2)cc1. The van der Waals surface area contributed by atoms with Gasteiger partial charge in [-0.2, -0.15) is 0 Å². The van der Waals surface area contributed by atoms with Crippen molar-refractivity contribution < 1.29 is 18.9 Å². The molecule has 1 saturated heterocycles. The molecule has 6 rings (SSSR count). The number of benzene rings is 5. The first kappa shape index (κ1) is 29.7. The second-order valence-corrected chi connectivity index (χ2v) is 11.3. The highest BCUT2D eigenvalue weighted by Crippen LogP contribution is 2.25. The number of hydrogen-bond donors (Lipinski definition) is 0. The predicted molar refractivity (Wildman–Crippen MR) is 177 cm³/mol. The number of rotatable bonds is 14. The molecule has 5 aromatic rings. The lowest BCUT2D eigenvalue weighted by Crippen LogP contribution is -2.39. The summed E-state index contributed by atoms with van der Waals surface area (Å²) in [5.41, 5.74) is 4.65. The molecule has 5 aromatic carbocycles. The molecule has 1 aliphatic heterocycles. The zero-order valence-electron chi connectivity index (χ0n) is 25.3. The summed E-state index contributed by atoms with van der Waals surface area (Å²) in [6.07, 6.45) is 3.27. The lowest BCUT2D eigenvalue weighted by atomic mass is 10.1. The molecule has 1 heterocycles. The van der Waals surface area contributed by atoms with Crippen LogP contribution in [-0.4, -0.2) is 32.4 Å². The van der Waals surface area contributed by atoms with Gasteiger partial charge in [-0.05, 0) is 71.1 Å². The van der Waals surface area contributed by atoms with E-state index in [9.17, 15) is 0 Å². The van der Waals surface area contributed by atoms with E-state index in [1.54, 1.807) is 0 Å². The third-order valence-corrected chi connectivity index (χ3v) is 8.05. The number of nitrogens with zero attached hydrogens (tertiary/aromatic N) is 1. The highest BCUT2D eigenvalue weighted by Gasteiger charge is 2.21. The van der Waals surface area contributed by atoms with Gasteiger partial charge in [0, 0.05) is 30.8 Å². The van der Waals surface area contributed by atoms with Crippen molar-refractivity contribution in [2.75, 3.05) is 31.2 Å². The quantitative estimate of drug-likeness (QED) is 0.122. The Bertz CT molecular complexity index is 1590. The van der Waals surface area contributed by atoms with Gasteiger partial charge < -0.3 is 23.8 Å². The molecule has 5 nitrogen and oxygen atoms in total. The Labute approximate surface area is 261 Å². The summed E-state index contributed by atoms with van der Waals surface area (Å²) in [4.78, 5) is 2.42. The second kappa shape index (κ2) is 15.4. The van der Waals surface area contributed by atoms with Gasteiger partial charge in [0.25, 0.3) is 0 Å². The van der Waals surface area contributed by atoms with Gasteiger partial charge in [-0.1, -0.05) is 84.9 Å². The Morgan fingerprint density at radius 2 is 1.43 bits per heavy atom. The van der Waals surface area contributed by atoms with Crippen LogP contribution in [0.1, 0.15) is 36.0 Å². The van der Waals surface area contributed by atoms with E-state index in [0.29, 0.717) is 33.0 Å². The fraction of sp³-hybridized carbons (Fsp3) is 0.282. The van der Waals surface area contributed by atoms with Crippen molar-refractivity contribution in [3.8, 4) is 11.5 Å². The number of hydrogen-bond acceptors (Lipinski definition) is 5. The minimum atomic E-state index is 0.230. The van der Waals surface area contributed by atoms with Crippen LogP contribution in [0.2, 0.25) is 0 Å². The number of piperidine rings is 1. The summed E-state index contributed by atoms with van der Waals surface area (Å²) in [6.45, 7) is 4.90. The van der Waals surface area contributed by atoms with E-state index in [1.165, 1.54) is 22.0 Å². The molecular formula is C39H41NO4. The average Bonchev–Trinajstić information content (AvgIpc) is 3.09. The van der Waals surface area contributed by atoms with Gasteiger partial charge in [0.2, 0.25) is 0 Å². The van der Waals surface area contributed by atoms with Crippen molar-refractivity contribution in [1.82, 2.24) is 0 Å². The lowest BCUT2D eigenvalue weighted by molar-refractivity contribution is 0.0316. The van der Waals surface area contributed by atoms with Crippen molar-refractivity contribution in [2.45, 2.75) is 45.2 Å². The molecule has 0 aromatic heterocycles. The largest absolute Gasteiger partial charge is 0.494 e. The highest BCUT2D eigenvalue weighted by molar-refractivity contribution is 5.82. The van der Waals surface area contributed by atoms with Crippen LogP contribution in [0, 0.1) is 0 Å². The Balaban J connectivity index is 0.895. The van der Waals surface area contributed by atoms with E-state index < -0.39 is 0 Å². The summed E-state index contributed by atoms with van der Waals surface area (Å²) < 4.78 is 24.4. The van der Waals surface area contributed by atoms with Crippen LogP contribution in [0.4, 0.5) is 5.69 Å². The van der Waals surface area contributed by atoms with Gasteiger partial charge in [-0.25, -0.2) is 0 Å². The van der Waals surface area contributed by atoms with Crippen LogP contribution < -0.4 is 14.4 Å². The number of fused-ring (bicyclic) bond motifs is 1. The fourth-order valence-electron chi connectivity index (χ4n) is 5.64. The highest BCUT2D eigenvalue weighted by atomic mass is 16.5. The van der Waals surface area contributed by atoms with Crippen LogP contribution in [0.15, 0.2) is 121 Å². The lowest BCUT2D eigenvalue weighted by Gasteiger charge is -2.34. The second-order valence-electron chi connectivity index (χ2n) is 11.3. The van der Waals surface area contributed by atoms with E-state index in [4.69, 9.17) is 18.9 Å². The molecule has 0 amide bonds. The maximum Gasteiger partial charge on any atom is 0.125 e. The molecule has 44 heavy (non-hydrogen) atoms. The Morgan fingerprint density at radius 3 is 2.32 bits per heavy atom. The standard InChI is InChI=1S/C39H41NO4/c1-2-10-31(11-3-1)28-44-39-16-7-6-14-35(39)30-41-24-9-25-42-37-21-19-36(20-22-37)40-23-8-15-38(27-40)43-29-32-17-18-33-12-4-5-13-34(33)26-32/h1-7,10-14,16-22,26,38H,8-9,15,23-25,27-30H2. The molecule has 5 heteroatoms. The van der Waals surface area contributed by atoms with Crippen molar-refractivity contribution >= 4 is 16.5 Å². The van der Waals surface area contributed by atoms with Crippen molar-refractivity contribution in [3.05, 3.63) is 138 Å². The molecular weight excluding hydrogens is 546 g/mol. The molecule has 0 bridgehead atoms. The fourth-order valence-corrected chi connectivity index (χ4v) is 5.64. The first-order valence-electron chi connectivity index (χ1n) is 15.7. The van der Waals surface area contributed by atoms with Crippen molar-refractivity contribution in [1.29, 1.82) is 0 Å². The van der Waals surface area contributed by atoms with Gasteiger partial charge >= 0.3 is 0 Å². The first-order valence-corrected chi connectivity index (χ1v) is 15.7. The van der Waals surface area contributed by atoms with Crippen LogP contribution in [0.5, 0.6) is 11.5 Å². The van der Waals surface area contributed by atoms with E-state index in [0.717, 1.165) is 55.0 Å². The number of para-hydroxylation sites is 1. The maximum absolute atomic E-state index is 6.36. The third-order valence-electron chi connectivity index (χ3n) is 8.05. The van der Waals surface area contributed by atoms with Crippen LogP contribution in [0.3, 0.4) is 0 Å². The van der Waals surface area contributed by atoms with Crippen LogP contribution in [0.25, 0.3) is 10.8 Å². The molecule has 226 valence electrons. The summed E-state index contributed by atoms with van der Waals surface area (Å²) in [6, 6.07) is 41.8. The van der Waals surface area contributed by atoms with E-state index in [1.807, 2.05) is 36.4 Å².